The Morgan fingerprint density at radius 3 is 2.21 bits per heavy atom. The molecule has 0 radical (unpaired) electrons. The molecule has 0 aromatic heterocycles. The van der Waals surface area contributed by atoms with Crippen LogP contribution in [0.2, 0.25) is 0 Å². The predicted molar refractivity (Wildman–Crippen MR) is 163 cm³/mol. The first-order chi connectivity index (χ1) is 20.2. The Hall–Kier alpha value is -4.05. The van der Waals surface area contributed by atoms with Gasteiger partial charge in [0.25, 0.3) is 0 Å². The number of fused-ring (bicyclic) bond motifs is 1. The van der Waals surface area contributed by atoms with Gasteiger partial charge < -0.3 is 19.7 Å². The van der Waals surface area contributed by atoms with Gasteiger partial charge in [0.05, 0.1) is 11.9 Å². The van der Waals surface area contributed by atoms with Crippen LogP contribution in [0.5, 0.6) is 11.5 Å². The van der Waals surface area contributed by atoms with Crippen molar-refractivity contribution in [2.45, 2.75) is 58.2 Å². The second kappa shape index (κ2) is 14.2. The van der Waals surface area contributed by atoms with Crippen LogP contribution in [0.3, 0.4) is 0 Å². The van der Waals surface area contributed by atoms with Crippen molar-refractivity contribution in [3.05, 3.63) is 90.0 Å². The van der Waals surface area contributed by atoms with E-state index in [1.165, 1.54) is 4.31 Å². The number of ether oxygens (including phenoxy) is 2. The molecule has 0 bridgehead atoms. The van der Waals surface area contributed by atoms with Gasteiger partial charge in [-0.25, -0.2) is 8.42 Å². The van der Waals surface area contributed by atoms with Crippen LogP contribution in [0.25, 0.3) is 0 Å². The summed E-state index contributed by atoms with van der Waals surface area (Å²) in [6.45, 7) is 4.36. The highest BCUT2D eigenvalue weighted by Crippen LogP contribution is 2.36. The van der Waals surface area contributed by atoms with Crippen LogP contribution >= 0.6 is 0 Å². The minimum atomic E-state index is -3.64. The molecule has 10 heteroatoms. The maximum absolute atomic E-state index is 13.9. The lowest BCUT2D eigenvalue weighted by Crippen LogP contribution is -2.52. The van der Waals surface area contributed by atoms with Crippen LogP contribution in [-0.4, -0.2) is 56.8 Å². The van der Waals surface area contributed by atoms with Gasteiger partial charge in [0.1, 0.15) is 6.04 Å². The molecule has 0 fully saturated rings. The average Bonchev–Trinajstić information content (AvgIpc) is 3.45. The van der Waals surface area contributed by atoms with Crippen molar-refractivity contribution in [2.75, 3.05) is 23.9 Å². The van der Waals surface area contributed by atoms with Crippen molar-refractivity contribution in [3.63, 3.8) is 0 Å². The van der Waals surface area contributed by atoms with Gasteiger partial charge in [-0.15, -0.1) is 0 Å². The first-order valence-corrected chi connectivity index (χ1v) is 16.1. The van der Waals surface area contributed by atoms with Gasteiger partial charge in [-0.3, -0.25) is 13.9 Å². The molecule has 2 atom stereocenters. The van der Waals surface area contributed by atoms with Crippen molar-refractivity contribution in [2.24, 2.45) is 0 Å². The monoisotopic (exact) mass is 593 g/mol. The van der Waals surface area contributed by atoms with E-state index in [0.717, 1.165) is 23.8 Å². The van der Waals surface area contributed by atoms with E-state index in [9.17, 15) is 18.0 Å². The molecule has 224 valence electrons. The molecule has 1 aliphatic rings. The lowest BCUT2D eigenvalue weighted by atomic mass is 10.0. The van der Waals surface area contributed by atoms with Gasteiger partial charge in [-0.2, -0.15) is 0 Å². The van der Waals surface area contributed by atoms with Crippen molar-refractivity contribution in [1.82, 2.24) is 10.2 Å². The number of anilines is 1. The molecule has 0 unspecified atom stereocenters. The number of hydrogen-bond acceptors (Lipinski definition) is 6. The smallest absolute Gasteiger partial charge is 0.243 e. The molecule has 0 saturated carbocycles. The number of hydrogen-bond donors (Lipinski definition) is 1. The third-order valence-electron chi connectivity index (χ3n) is 7.26. The SMILES string of the molecule is CC[C@@H](C)NC(=O)[C@@H](Cc1ccccc1)N(Cc1ccccc1)C(=O)CCCN(c1ccc2c(c1)OCO2)S(C)(=O)=O. The van der Waals surface area contributed by atoms with E-state index in [-0.39, 0.29) is 50.6 Å². The number of benzene rings is 3. The number of carbonyl (C=O) groups excluding carboxylic acids is 2. The highest BCUT2D eigenvalue weighted by molar-refractivity contribution is 7.92. The standard InChI is InChI=1S/C32H39N3O6S/c1-4-24(2)33-32(37)28(20-25-12-7-5-8-13-25)34(22-26-14-9-6-10-15-26)31(36)16-11-19-35(42(3,38)39)27-17-18-29-30(21-27)41-23-40-29/h5-10,12-15,17-18,21,24,28H,4,11,16,19-20,22-23H2,1-3H3,(H,33,37)/t24-,28-/m1/s1. The van der Waals surface area contributed by atoms with Gasteiger partial charge in [0.2, 0.25) is 28.6 Å². The molecule has 42 heavy (non-hydrogen) atoms. The van der Waals surface area contributed by atoms with E-state index in [1.807, 2.05) is 74.5 Å². The summed E-state index contributed by atoms with van der Waals surface area (Å²) in [5, 5.41) is 3.06. The number of carbonyl (C=O) groups is 2. The minimum absolute atomic E-state index is 0.0468. The van der Waals surface area contributed by atoms with Crippen LogP contribution in [0.4, 0.5) is 5.69 Å². The minimum Gasteiger partial charge on any atom is -0.454 e. The highest BCUT2D eigenvalue weighted by atomic mass is 32.2. The van der Waals surface area contributed by atoms with Gasteiger partial charge in [-0.1, -0.05) is 67.6 Å². The van der Waals surface area contributed by atoms with Gasteiger partial charge in [0, 0.05) is 38.0 Å². The normalized spacial score (nSPS) is 13.7. The van der Waals surface area contributed by atoms with Crippen molar-refractivity contribution < 1.29 is 27.5 Å². The quantitative estimate of drug-likeness (QED) is 0.295. The molecular weight excluding hydrogens is 554 g/mol. The van der Waals surface area contributed by atoms with Crippen LogP contribution in [-0.2, 0) is 32.6 Å². The van der Waals surface area contributed by atoms with Crippen LogP contribution in [0.15, 0.2) is 78.9 Å². The average molecular weight is 594 g/mol. The molecule has 1 heterocycles. The Balaban J connectivity index is 1.56. The third-order valence-corrected chi connectivity index (χ3v) is 8.46. The second-order valence-corrected chi connectivity index (χ2v) is 12.4. The van der Waals surface area contributed by atoms with Gasteiger partial charge in [0.15, 0.2) is 11.5 Å². The van der Waals surface area contributed by atoms with Gasteiger partial charge in [-0.05, 0) is 43.0 Å². The van der Waals surface area contributed by atoms with E-state index < -0.39 is 16.1 Å². The number of nitrogens with zero attached hydrogens (tertiary/aromatic N) is 2. The topological polar surface area (TPSA) is 105 Å². The zero-order valence-corrected chi connectivity index (χ0v) is 25.2. The molecule has 0 saturated heterocycles. The molecule has 1 aliphatic heterocycles. The molecule has 1 N–H and O–H groups in total. The summed E-state index contributed by atoms with van der Waals surface area (Å²) in [6.07, 6.45) is 2.57. The van der Waals surface area contributed by atoms with Crippen molar-refractivity contribution in [1.29, 1.82) is 0 Å². The molecule has 0 spiro atoms. The molecule has 9 nitrogen and oxygen atoms in total. The Morgan fingerprint density at radius 2 is 1.57 bits per heavy atom. The summed E-state index contributed by atoms with van der Waals surface area (Å²) < 4.78 is 37.5. The molecule has 3 aromatic rings. The number of sulfonamides is 1. The number of nitrogens with one attached hydrogen (secondary N) is 1. The van der Waals surface area contributed by atoms with Crippen molar-refractivity contribution >= 4 is 27.5 Å². The fraction of sp³-hybridized carbons (Fsp3) is 0.375. The Labute approximate surface area is 248 Å². The number of rotatable bonds is 14. The lowest BCUT2D eigenvalue weighted by molar-refractivity contribution is -0.141. The molecule has 0 aliphatic carbocycles. The molecule has 4 rings (SSSR count). The van der Waals surface area contributed by atoms with E-state index in [1.54, 1.807) is 23.1 Å². The van der Waals surface area contributed by atoms with E-state index in [0.29, 0.717) is 23.6 Å². The van der Waals surface area contributed by atoms with Crippen LogP contribution in [0.1, 0.15) is 44.2 Å². The highest BCUT2D eigenvalue weighted by Gasteiger charge is 2.31. The second-order valence-electron chi connectivity index (χ2n) is 10.5. The van der Waals surface area contributed by atoms with Crippen LogP contribution < -0.4 is 19.1 Å². The largest absolute Gasteiger partial charge is 0.454 e. The first-order valence-electron chi connectivity index (χ1n) is 14.2. The van der Waals surface area contributed by atoms with E-state index in [2.05, 4.69) is 5.32 Å². The molecular formula is C32H39N3O6S. The third kappa shape index (κ3) is 8.25. The summed E-state index contributed by atoms with van der Waals surface area (Å²) in [5.41, 5.74) is 2.28. The molecule has 2 amide bonds. The fourth-order valence-corrected chi connectivity index (χ4v) is 5.78. The van der Waals surface area contributed by atoms with Gasteiger partial charge >= 0.3 is 0 Å². The van der Waals surface area contributed by atoms with Crippen molar-refractivity contribution in [3.8, 4) is 11.5 Å². The Morgan fingerprint density at radius 1 is 0.929 bits per heavy atom. The Bertz CT molecular complexity index is 1450. The molecule has 3 aromatic carbocycles. The zero-order valence-electron chi connectivity index (χ0n) is 24.4. The first kappa shape index (κ1) is 30.9. The summed E-state index contributed by atoms with van der Waals surface area (Å²) >= 11 is 0. The summed E-state index contributed by atoms with van der Waals surface area (Å²) in [4.78, 5) is 29.2. The zero-order chi connectivity index (χ0) is 30.1. The number of amides is 2. The summed E-state index contributed by atoms with van der Waals surface area (Å²) in [7, 11) is -3.64. The lowest BCUT2D eigenvalue weighted by Gasteiger charge is -2.32. The summed E-state index contributed by atoms with van der Waals surface area (Å²) in [5.74, 6) is 0.593. The summed E-state index contributed by atoms with van der Waals surface area (Å²) in [6, 6.07) is 23.4. The van der Waals surface area contributed by atoms with E-state index in [4.69, 9.17) is 9.47 Å². The maximum Gasteiger partial charge on any atom is 0.243 e. The van der Waals surface area contributed by atoms with E-state index >= 15 is 0 Å². The fourth-order valence-electron chi connectivity index (χ4n) is 4.82. The maximum atomic E-state index is 13.9. The van der Waals surface area contributed by atoms with Crippen LogP contribution in [0, 0.1) is 0 Å². The Kier molecular flexibility index (Phi) is 10.5. The predicted octanol–water partition coefficient (Wildman–Crippen LogP) is 4.52.